The lowest BCUT2D eigenvalue weighted by Gasteiger charge is -1.98. The highest BCUT2D eigenvalue weighted by molar-refractivity contribution is 7.17. The van der Waals surface area contributed by atoms with Crippen molar-refractivity contribution in [1.29, 1.82) is 0 Å². The normalized spacial score (nSPS) is 10.6. The second-order valence-electron chi connectivity index (χ2n) is 4.39. The van der Waals surface area contributed by atoms with Gasteiger partial charge in [0.25, 0.3) is 0 Å². The van der Waals surface area contributed by atoms with Crippen LogP contribution in [-0.4, -0.2) is 37.8 Å². The van der Waals surface area contributed by atoms with Crippen molar-refractivity contribution in [3.63, 3.8) is 0 Å². The first-order valence-electron chi connectivity index (χ1n) is 6.65. The van der Waals surface area contributed by atoms with E-state index in [2.05, 4.69) is 20.4 Å². The van der Waals surface area contributed by atoms with E-state index >= 15 is 0 Å². The van der Waals surface area contributed by atoms with Gasteiger partial charge in [0, 0.05) is 11.8 Å². The predicted octanol–water partition coefficient (Wildman–Crippen LogP) is 2.18. The number of carbonyl (C=O) groups excluding carboxylic acids is 1. The van der Waals surface area contributed by atoms with Crippen molar-refractivity contribution in [3.8, 4) is 22.0 Å². The molecule has 0 aromatic carbocycles. The van der Waals surface area contributed by atoms with Crippen molar-refractivity contribution >= 4 is 17.3 Å². The standard InChI is InChI=1S/C14H13N5O2S/c1-3-21-14(20)11-8-9(13-16-18-19(2)17-13)12(22-11)10-6-4-5-7-15-10/h4-8H,3H2,1-2H3. The lowest BCUT2D eigenvalue weighted by atomic mass is 10.2. The van der Waals surface area contributed by atoms with Gasteiger partial charge in [-0.3, -0.25) is 4.98 Å². The number of esters is 1. The maximum absolute atomic E-state index is 12.0. The number of rotatable bonds is 4. The summed E-state index contributed by atoms with van der Waals surface area (Å²) in [7, 11) is 1.69. The zero-order valence-electron chi connectivity index (χ0n) is 12.1. The monoisotopic (exact) mass is 315 g/mol. The van der Waals surface area contributed by atoms with Gasteiger partial charge in [0.05, 0.1) is 24.2 Å². The highest BCUT2D eigenvalue weighted by Crippen LogP contribution is 2.37. The van der Waals surface area contributed by atoms with Crippen LogP contribution in [-0.2, 0) is 11.8 Å². The Morgan fingerprint density at radius 1 is 1.41 bits per heavy atom. The summed E-state index contributed by atoms with van der Waals surface area (Å²) in [5.74, 6) is 0.0924. The van der Waals surface area contributed by atoms with Gasteiger partial charge < -0.3 is 4.74 Å². The van der Waals surface area contributed by atoms with Gasteiger partial charge in [-0.05, 0) is 30.3 Å². The topological polar surface area (TPSA) is 82.8 Å². The summed E-state index contributed by atoms with van der Waals surface area (Å²) < 4.78 is 5.06. The van der Waals surface area contributed by atoms with Crippen LogP contribution in [0.5, 0.6) is 0 Å². The Labute approximate surface area is 130 Å². The van der Waals surface area contributed by atoms with Crippen LogP contribution in [0.15, 0.2) is 30.5 Å². The number of pyridine rings is 1. The van der Waals surface area contributed by atoms with E-state index in [9.17, 15) is 4.79 Å². The molecule has 0 radical (unpaired) electrons. The highest BCUT2D eigenvalue weighted by Gasteiger charge is 2.21. The van der Waals surface area contributed by atoms with E-state index in [1.165, 1.54) is 16.1 Å². The molecule has 0 aliphatic rings. The lowest BCUT2D eigenvalue weighted by molar-refractivity contribution is 0.0532. The average molecular weight is 315 g/mol. The number of aryl methyl sites for hydroxylation is 1. The first kappa shape index (κ1) is 14.3. The van der Waals surface area contributed by atoms with Crippen molar-refractivity contribution in [3.05, 3.63) is 35.3 Å². The van der Waals surface area contributed by atoms with E-state index in [0.29, 0.717) is 17.3 Å². The fraction of sp³-hybridized carbons (Fsp3) is 0.214. The van der Waals surface area contributed by atoms with Gasteiger partial charge in [0.15, 0.2) is 0 Å². The van der Waals surface area contributed by atoms with E-state index in [1.807, 2.05) is 18.2 Å². The summed E-state index contributed by atoms with van der Waals surface area (Å²) in [6.45, 7) is 2.10. The first-order valence-corrected chi connectivity index (χ1v) is 7.47. The summed E-state index contributed by atoms with van der Waals surface area (Å²) in [5, 5.41) is 12.1. The van der Waals surface area contributed by atoms with Crippen molar-refractivity contribution in [2.45, 2.75) is 6.92 Å². The minimum Gasteiger partial charge on any atom is -0.462 e. The van der Waals surface area contributed by atoms with Gasteiger partial charge in [0.1, 0.15) is 4.88 Å². The first-order chi connectivity index (χ1) is 10.7. The molecule has 0 saturated heterocycles. The molecule has 0 N–H and O–H groups in total. The van der Waals surface area contributed by atoms with Gasteiger partial charge in [-0.15, -0.1) is 21.5 Å². The number of aromatic nitrogens is 5. The number of nitrogens with zero attached hydrogens (tertiary/aromatic N) is 5. The van der Waals surface area contributed by atoms with E-state index in [0.717, 1.165) is 16.1 Å². The van der Waals surface area contributed by atoms with Crippen LogP contribution in [0.3, 0.4) is 0 Å². The fourth-order valence-corrected chi connectivity index (χ4v) is 2.96. The molecular weight excluding hydrogens is 302 g/mol. The minimum absolute atomic E-state index is 0.328. The van der Waals surface area contributed by atoms with Crippen LogP contribution in [0.4, 0.5) is 0 Å². The molecule has 0 spiro atoms. The predicted molar refractivity (Wildman–Crippen MR) is 81.3 cm³/mol. The van der Waals surface area contributed by atoms with E-state index in [-0.39, 0.29) is 5.97 Å². The van der Waals surface area contributed by atoms with E-state index < -0.39 is 0 Å². The third-order valence-corrected chi connectivity index (χ3v) is 3.99. The Kier molecular flexibility index (Phi) is 3.92. The van der Waals surface area contributed by atoms with Crippen molar-refractivity contribution in [1.82, 2.24) is 25.2 Å². The third-order valence-electron chi connectivity index (χ3n) is 2.86. The van der Waals surface area contributed by atoms with Crippen molar-refractivity contribution < 1.29 is 9.53 Å². The lowest BCUT2D eigenvalue weighted by Crippen LogP contribution is -2.01. The molecule has 22 heavy (non-hydrogen) atoms. The molecule has 0 amide bonds. The van der Waals surface area contributed by atoms with Crippen LogP contribution in [0.25, 0.3) is 22.0 Å². The molecule has 3 heterocycles. The average Bonchev–Trinajstić information content (AvgIpc) is 3.14. The zero-order chi connectivity index (χ0) is 15.5. The molecule has 0 saturated carbocycles. The molecule has 3 aromatic rings. The molecule has 0 fully saturated rings. The Balaban J connectivity index is 2.12. The third kappa shape index (κ3) is 2.73. The molecule has 0 atom stereocenters. The summed E-state index contributed by atoms with van der Waals surface area (Å²) in [5.41, 5.74) is 1.48. The van der Waals surface area contributed by atoms with Crippen molar-refractivity contribution in [2.75, 3.05) is 6.61 Å². The van der Waals surface area contributed by atoms with Gasteiger partial charge in [-0.25, -0.2) is 4.79 Å². The molecule has 7 nitrogen and oxygen atoms in total. The smallest absolute Gasteiger partial charge is 0.348 e. The molecule has 0 aliphatic heterocycles. The molecule has 0 bridgehead atoms. The highest BCUT2D eigenvalue weighted by atomic mass is 32.1. The van der Waals surface area contributed by atoms with Crippen LogP contribution in [0.2, 0.25) is 0 Å². The minimum atomic E-state index is -0.361. The summed E-state index contributed by atoms with van der Waals surface area (Å²) >= 11 is 1.31. The summed E-state index contributed by atoms with van der Waals surface area (Å²) in [6.07, 6.45) is 1.70. The number of thiophene rings is 1. The quantitative estimate of drug-likeness (QED) is 0.686. The van der Waals surface area contributed by atoms with E-state index in [1.54, 1.807) is 26.2 Å². The molecule has 3 aromatic heterocycles. The Bertz CT molecular complexity index is 797. The SMILES string of the molecule is CCOC(=O)c1cc(-c2nnn(C)n2)c(-c2ccccn2)s1. The van der Waals surface area contributed by atoms with Crippen LogP contribution in [0.1, 0.15) is 16.6 Å². The zero-order valence-corrected chi connectivity index (χ0v) is 12.9. The number of ether oxygens (including phenoxy) is 1. The summed E-state index contributed by atoms with van der Waals surface area (Å²) in [6, 6.07) is 7.33. The molecular formula is C14H13N5O2S. The van der Waals surface area contributed by atoms with Gasteiger partial charge in [-0.2, -0.15) is 4.80 Å². The molecule has 0 aliphatic carbocycles. The number of carbonyl (C=O) groups is 1. The number of hydrogen-bond acceptors (Lipinski definition) is 7. The van der Waals surface area contributed by atoms with Crippen LogP contribution in [0, 0.1) is 0 Å². The van der Waals surface area contributed by atoms with Gasteiger partial charge in [0.2, 0.25) is 5.82 Å². The fourth-order valence-electron chi connectivity index (χ4n) is 1.94. The van der Waals surface area contributed by atoms with Crippen LogP contribution >= 0.6 is 11.3 Å². The number of tetrazole rings is 1. The second kappa shape index (κ2) is 6.02. The molecule has 0 unspecified atom stereocenters. The Morgan fingerprint density at radius 2 is 2.27 bits per heavy atom. The second-order valence-corrected chi connectivity index (χ2v) is 5.44. The Hall–Kier alpha value is -2.61. The maximum atomic E-state index is 12.0. The molecule has 8 heteroatoms. The number of hydrogen-bond donors (Lipinski definition) is 0. The maximum Gasteiger partial charge on any atom is 0.348 e. The van der Waals surface area contributed by atoms with Crippen LogP contribution < -0.4 is 0 Å². The Morgan fingerprint density at radius 3 is 2.91 bits per heavy atom. The van der Waals surface area contributed by atoms with E-state index in [4.69, 9.17) is 4.74 Å². The van der Waals surface area contributed by atoms with Crippen molar-refractivity contribution in [2.24, 2.45) is 7.05 Å². The van der Waals surface area contributed by atoms with Gasteiger partial charge >= 0.3 is 5.97 Å². The summed E-state index contributed by atoms with van der Waals surface area (Å²) in [4.78, 5) is 19.0. The molecule has 3 rings (SSSR count). The van der Waals surface area contributed by atoms with Gasteiger partial charge in [-0.1, -0.05) is 6.07 Å². The molecule has 112 valence electrons. The largest absolute Gasteiger partial charge is 0.462 e.